The van der Waals surface area contributed by atoms with Crippen LogP contribution in [0.15, 0.2) is 119 Å². The molecular formula is C43H39Br2N11O3. The van der Waals surface area contributed by atoms with Crippen molar-refractivity contribution in [3.05, 3.63) is 130 Å². The summed E-state index contributed by atoms with van der Waals surface area (Å²) in [7, 11) is 1.60. The van der Waals surface area contributed by atoms with Crippen LogP contribution in [0.2, 0.25) is 0 Å². The molecule has 1 amide bonds. The zero-order chi connectivity index (χ0) is 41.8. The number of pyridine rings is 2. The van der Waals surface area contributed by atoms with Crippen LogP contribution >= 0.6 is 31.9 Å². The lowest BCUT2D eigenvalue weighted by Gasteiger charge is -2.09. The topological polar surface area (TPSA) is 178 Å². The Balaban J connectivity index is 0.000000179. The monoisotopic (exact) mass is 915 g/mol. The lowest BCUT2D eigenvalue weighted by atomic mass is 10.1. The van der Waals surface area contributed by atoms with E-state index in [9.17, 15) is 14.7 Å². The Bertz CT molecular complexity index is 2840. The van der Waals surface area contributed by atoms with Gasteiger partial charge in [-0.1, -0.05) is 31.9 Å². The summed E-state index contributed by atoms with van der Waals surface area (Å²) in [6.45, 7) is 8.52. The van der Waals surface area contributed by atoms with Crippen LogP contribution in [-0.2, 0) is 0 Å². The van der Waals surface area contributed by atoms with Crippen molar-refractivity contribution in [1.29, 1.82) is 0 Å². The summed E-state index contributed by atoms with van der Waals surface area (Å²) in [4.78, 5) is 49.8. The molecule has 0 bridgehead atoms. The molecule has 8 rings (SSSR count). The molecule has 0 aliphatic carbocycles. The van der Waals surface area contributed by atoms with Crippen LogP contribution < -0.4 is 16.0 Å². The molecule has 0 aliphatic heterocycles. The first-order valence-corrected chi connectivity index (χ1v) is 20.1. The van der Waals surface area contributed by atoms with Gasteiger partial charge in [0.2, 0.25) is 11.9 Å². The van der Waals surface area contributed by atoms with E-state index in [-0.39, 0.29) is 17.5 Å². The Kier molecular flexibility index (Phi) is 12.1. The molecule has 14 nitrogen and oxygen atoms in total. The third-order valence-electron chi connectivity index (χ3n) is 9.29. The number of carbonyl (C=O) groups excluding carboxylic acids is 1. The van der Waals surface area contributed by atoms with Crippen LogP contribution in [0.25, 0.3) is 44.3 Å². The van der Waals surface area contributed by atoms with Gasteiger partial charge in [0, 0.05) is 104 Å². The van der Waals surface area contributed by atoms with Gasteiger partial charge in [0.1, 0.15) is 0 Å². The summed E-state index contributed by atoms with van der Waals surface area (Å²) in [6.07, 6.45) is 14.9. The summed E-state index contributed by atoms with van der Waals surface area (Å²) in [5, 5.41) is 20.3. The van der Waals surface area contributed by atoms with Crippen LogP contribution in [-0.4, -0.2) is 63.1 Å². The minimum atomic E-state index is -1.00. The number of carbonyl (C=O) groups is 2. The SMILES string of the molecule is CC(C)n1cc(-c2ccnc(Nc3cc(Br)cc(C(=O)O)c3)n2)c2ccncc21.CNC(=O)c1cc(Br)cc(Nc2nccc(-c3cn(C(C)C)c4cnccc34)n2)c1. The number of fused-ring (bicyclic) bond motifs is 2. The maximum absolute atomic E-state index is 12.0. The van der Waals surface area contributed by atoms with Crippen molar-refractivity contribution < 1.29 is 14.7 Å². The Morgan fingerprint density at radius 2 is 1.10 bits per heavy atom. The molecule has 0 unspecified atom stereocenters. The number of rotatable bonds is 10. The molecule has 0 fully saturated rings. The highest BCUT2D eigenvalue weighted by atomic mass is 79.9. The van der Waals surface area contributed by atoms with E-state index in [1.54, 1.807) is 62.2 Å². The molecule has 0 radical (unpaired) electrons. The molecular weight excluding hydrogens is 878 g/mol. The number of anilines is 4. The predicted octanol–water partition coefficient (Wildman–Crippen LogP) is 10.2. The van der Waals surface area contributed by atoms with Gasteiger partial charge in [-0.05, 0) is 88.4 Å². The second kappa shape index (κ2) is 17.5. The highest BCUT2D eigenvalue weighted by molar-refractivity contribution is 9.10. The molecule has 4 N–H and O–H groups in total. The zero-order valence-corrected chi connectivity index (χ0v) is 35.8. The molecule has 0 saturated carbocycles. The van der Waals surface area contributed by atoms with Crippen molar-refractivity contribution in [2.24, 2.45) is 0 Å². The van der Waals surface area contributed by atoms with Gasteiger partial charge in [-0.3, -0.25) is 14.8 Å². The molecule has 6 aromatic heterocycles. The van der Waals surface area contributed by atoms with Crippen molar-refractivity contribution in [3.63, 3.8) is 0 Å². The van der Waals surface area contributed by atoms with Gasteiger partial charge in [-0.25, -0.2) is 24.7 Å². The van der Waals surface area contributed by atoms with Gasteiger partial charge in [-0.2, -0.15) is 0 Å². The minimum absolute atomic E-state index is 0.163. The summed E-state index contributed by atoms with van der Waals surface area (Å²) in [5.74, 6) is -0.326. The number of hydrogen-bond donors (Lipinski definition) is 4. The molecule has 8 aromatic rings. The smallest absolute Gasteiger partial charge is 0.335 e. The second-order valence-corrected chi connectivity index (χ2v) is 15.8. The molecule has 16 heteroatoms. The van der Waals surface area contributed by atoms with E-state index in [1.165, 1.54) is 0 Å². The van der Waals surface area contributed by atoms with Gasteiger partial charge in [0.15, 0.2) is 0 Å². The minimum Gasteiger partial charge on any atom is -0.478 e. The maximum atomic E-state index is 12.0. The van der Waals surface area contributed by atoms with Crippen LogP contribution in [0.4, 0.5) is 23.3 Å². The Morgan fingerprint density at radius 3 is 1.54 bits per heavy atom. The standard InChI is InChI=1S/C22H21BrN6O.C21H18BrN5O2/c1-13(2)29-12-18(17-4-6-25-11-20(17)29)19-5-7-26-22(28-19)27-16-9-14(21(30)24-3)8-15(23)10-16;1-12(2)27-11-17(16-3-5-23-10-19(16)27)18-4-6-24-21(26-18)25-15-8-13(20(28)29)7-14(22)9-15/h4-13H,1-3H3,(H,24,30)(H,26,27,28);3-12H,1-2H3,(H,28,29)(H,24,25,26). The van der Waals surface area contributed by atoms with Crippen LogP contribution in [0.1, 0.15) is 60.5 Å². The third kappa shape index (κ3) is 9.13. The first-order valence-electron chi connectivity index (χ1n) is 18.5. The highest BCUT2D eigenvalue weighted by Crippen LogP contribution is 2.33. The van der Waals surface area contributed by atoms with Crippen LogP contribution in [0, 0.1) is 0 Å². The van der Waals surface area contributed by atoms with Gasteiger partial charge < -0.3 is 30.2 Å². The van der Waals surface area contributed by atoms with Crippen LogP contribution in [0.5, 0.6) is 0 Å². The summed E-state index contributed by atoms with van der Waals surface area (Å²) < 4.78 is 5.80. The number of halogens is 2. The van der Waals surface area contributed by atoms with E-state index in [1.807, 2.05) is 42.7 Å². The number of aromatic nitrogens is 8. The van der Waals surface area contributed by atoms with E-state index in [0.29, 0.717) is 39.3 Å². The fraction of sp³-hybridized carbons (Fsp3) is 0.163. The number of aromatic carboxylic acids is 1. The molecule has 298 valence electrons. The number of nitrogens with one attached hydrogen (secondary N) is 3. The number of nitrogens with zero attached hydrogens (tertiary/aromatic N) is 8. The Hall–Kier alpha value is -6.52. The largest absolute Gasteiger partial charge is 0.478 e. The van der Waals surface area contributed by atoms with Crippen molar-refractivity contribution in [3.8, 4) is 22.5 Å². The third-order valence-corrected chi connectivity index (χ3v) is 10.2. The second-order valence-electron chi connectivity index (χ2n) is 14.0. The molecule has 59 heavy (non-hydrogen) atoms. The Labute approximate surface area is 356 Å². The van der Waals surface area contributed by atoms with Crippen molar-refractivity contribution in [1.82, 2.24) is 44.4 Å². The normalized spacial score (nSPS) is 11.1. The lowest BCUT2D eigenvalue weighted by Crippen LogP contribution is -2.17. The highest BCUT2D eigenvalue weighted by Gasteiger charge is 2.16. The quantitative estimate of drug-likeness (QED) is 0.103. The van der Waals surface area contributed by atoms with Gasteiger partial charge in [-0.15, -0.1) is 0 Å². The molecule has 2 aromatic carbocycles. The van der Waals surface area contributed by atoms with Crippen LogP contribution in [0.3, 0.4) is 0 Å². The van der Waals surface area contributed by atoms with E-state index in [4.69, 9.17) is 4.98 Å². The molecule has 0 saturated heterocycles. The zero-order valence-electron chi connectivity index (χ0n) is 32.6. The van der Waals surface area contributed by atoms with Gasteiger partial charge in [0.05, 0.1) is 40.4 Å². The van der Waals surface area contributed by atoms with E-state index in [2.05, 4.69) is 122 Å². The van der Waals surface area contributed by atoms with Crippen molar-refractivity contribution >= 4 is 88.8 Å². The number of hydrogen-bond acceptors (Lipinski definition) is 10. The van der Waals surface area contributed by atoms with Crippen molar-refractivity contribution in [2.75, 3.05) is 17.7 Å². The van der Waals surface area contributed by atoms with Crippen molar-refractivity contribution in [2.45, 2.75) is 39.8 Å². The predicted molar refractivity (Wildman–Crippen MR) is 237 cm³/mol. The maximum Gasteiger partial charge on any atom is 0.335 e. The number of amides is 1. The van der Waals surface area contributed by atoms with Gasteiger partial charge >= 0.3 is 5.97 Å². The number of carboxylic acids is 1. The molecule has 6 heterocycles. The summed E-state index contributed by atoms with van der Waals surface area (Å²) in [6, 6.07) is 18.6. The molecule has 0 atom stereocenters. The van der Waals surface area contributed by atoms with E-state index in [0.717, 1.165) is 48.8 Å². The summed E-state index contributed by atoms with van der Waals surface area (Å²) >= 11 is 6.79. The Morgan fingerprint density at radius 1 is 0.644 bits per heavy atom. The van der Waals surface area contributed by atoms with E-state index >= 15 is 0 Å². The fourth-order valence-corrected chi connectivity index (χ4v) is 7.56. The lowest BCUT2D eigenvalue weighted by molar-refractivity contribution is 0.0696. The molecule has 0 aliphatic rings. The average molecular weight is 918 g/mol. The average Bonchev–Trinajstić information content (AvgIpc) is 3.81. The van der Waals surface area contributed by atoms with Gasteiger partial charge in [0.25, 0.3) is 5.91 Å². The molecule has 0 spiro atoms. The first-order chi connectivity index (χ1) is 28.4. The van der Waals surface area contributed by atoms with E-state index < -0.39 is 5.97 Å². The number of carboxylic acid groups (broad SMARTS) is 1. The number of benzene rings is 2. The first kappa shape index (κ1) is 40.7. The fourth-order valence-electron chi connectivity index (χ4n) is 6.58. The summed E-state index contributed by atoms with van der Waals surface area (Å²) in [5.41, 5.74) is 7.71.